The molecule has 0 atom stereocenters. The summed E-state index contributed by atoms with van der Waals surface area (Å²) in [5.41, 5.74) is 9.81. The lowest BCUT2D eigenvalue weighted by atomic mass is 9.99. The average Bonchev–Trinajstić information content (AvgIpc) is 3.60. The van der Waals surface area contributed by atoms with Crippen molar-refractivity contribution >= 4 is 60.7 Å². The van der Waals surface area contributed by atoms with E-state index in [0.29, 0.717) is 17.1 Å². The van der Waals surface area contributed by atoms with E-state index in [-0.39, 0.29) is 0 Å². The molecule has 5 nitrogen and oxygen atoms in total. The van der Waals surface area contributed by atoms with Crippen molar-refractivity contribution in [2.45, 2.75) is 0 Å². The zero-order valence-electron chi connectivity index (χ0n) is 23.4. The standard InChI is InChI=1S/C39H21N5/c1-40-26-16-19-28(20-17-26)43-35-13-6-4-9-30(35)31-11-8-10-29(39(31)43)25-15-21-36-32(23-25)33-24-27(41-2)18-22-37(33)44(36)38-14-7-5-12-34(38)42-3/h4-24H. The molecule has 8 rings (SSSR count). The van der Waals surface area contributed by atoms with Gasteiger partial charge in [-0.25, -0.2) is 14.5 Å². The molecule has 0 fully saturated rings. The van der Waals surface area contributed by atoms with Crippen LogP contribution in [-0.2, 0) is 0 Å². The van der Waals surface area contributed by atoms with Crippen LogP contribution in [0.5, 0.6) is 0 Å². The molecule has 2 aromatic heterocycles. The van der Waals surface area contributed by atoms with E-state index >= 15 is 0 Å². The first-order chi connectivity index (χ1) is 21.7. The molecule has 0 spiro atoms. The van der Waals surface area contributed by atoms with Crippen LogP contribution >= 0.6 is 0 Å². The fraction of sp³-hybridized carbons (Fsp3) is 0. The van der Waals surface area contributed by atoms with Crippen molar-refractivity contribution in [3.8, 4) is 22.5 Å². The molecule has 0 N–H and O–H groups in total. The molecule has 0 unspecified atom stereocenters. The monoisotopic (exact) mass is 559 g/mol. The summed E-state index contributed by atoms with van der Waals surface area (Å²) in [6, 6.07) is 42.5. The highest BCUT2D eigenvalue weighted by Crippen LogP contribution is 2.42. The van der Waals surface area contributed by atoms with Crippen LogP contribution in [0, 0.1) is 19.7 Å². The molecule has 2 heterocycles. The Morgan fingerprint density at radius 2 is 1.11 bits per heavy atom. The van der Waals surface area contributed by atoms with Crippen LogP contribution in [0.25, 0.3) is 80.6 Å². The molecule has 0 radical (unpaired) electrons. The molecule has 0 saturated carbocycles. The van der Waals surface area contributed by atoms with Gasteiger partial charge in [0, 0.05) is 27.4 Å². The summed E-state index contributed by atoms with van der Waals surface area (Å²) >= 11 is 0. The van der Waals surface area contributed by atoms with Gasteiger partial charge in [-0.05, 0) is 59.5 Å². The van der Waals surface area contributed by atoms with Gasteiger partial charge in [-0.15, -0.1) is 0 Å². The first-order valence-electron chi connectivity index (χ1n) is 14.1. The molecule has 44 heavy (non-hydrogen) atoms. The highest BCUT2D eigenvalue weighted by Gasteiger charge is 2.19. The van der Waals surface area contributed by atoms with Crippen LogP contribution in [0.3, 0.4) is 0 Å². The van der Waals surface area contributed by atoms with Crippen LogP contribution in [-0.4, -0.2) is 9.13 Å². The summed E-state index contributed by atoms with van der Waals surface area (Å²) in [7, 11) is 0. The third kappa shape index (κ3) is 3.63. The van der Waals surface area contributed by atoms with E-state index in [2.05, 4.69) is 84.3 Å². The molecule has 8 aromatic rings. The van der Waals surface area contributed by atoms with Gasteiger partial charge in [0.1, 0.15) is 0 Å². The predicted molar refractivity (Wildman–Crippen MR) is 179 cm³/mol. The Bertz CT molecular complexity index is 2580. The molecule has 202 valence electrons. The number of benzene rings is 6. The normalized spacial score (nSPS) is 11.1. The molecule has 5 heteroatoms. The minimum absolute atomic E-state index is 0.572. The van der Waals surface area contributed by atoms with Gasteiger partial charge in [-0.3, -0.25) is 0 Å². The van der Waals surface area contributed by atoms with Crippen LogP contribution in [0.4, 0.5) is 17.1 Å². The molecule has 0 aliphatic carbocycles. The second-order valence-corrected chi connectivity index (χ2v) is 10.7. The van der Waals surface area contributed by atoms with Crippen LogP contribution in [0.15, 0.2) is 127 Å². The Hall–Kier alpha value is -6.61. The van der Waals surface area contributed by atoms with Gasteiger partial charge in [0.15, 0.2) is 11.4 Å². The predicted octanol–water partition coefficient (Wildman–Crippen LogP) is 11.2. The number of hydrogen-bond acceptors (Lipinski definition) is 0. The third-order valence-corrected chi connectivity index (χ3v) is 8.36. The van der Waals surface area contributed by atoms with Crippen molar-refractivity contribution in [1.82, 2.24) is 9.13 Å². The minimum atomic E-state index is 0.572. The lowest BCUT2D eigenvalue weighted by molar-refractivity contribution is 1.18. The minimum Gasteiger partial charge on any atom is -0.319 e. The molecule has 0 saturated heterocycles. The van der Waals surface area contributed by atoms with E-state index in [1.54, 1.807) is 0 Å². The Labute approximate surface area is 253 Å². The number of rotatable bonds is 3. The zero-order chi connectivity index (χ0) is 29.8. The molecule has 0 aliphatic heterocycles. The Morgan fingerprint density at radius 3 is 1.91 bits per heavy atom. The fourth-order valence-corrected chi connectivity index (χ4v) is 6.45. The summed E-state index contributed by atoms with van der Waals surface area (Å²) in [5, 5.41) is 4.30. The molecular formula is C39H21N5. The first kappa shape index (κ1) is 25.1. The molecule has 6 aromatic carbocycles. The first-order valence-corrected chi connectivity index (χ1v) is 14.1. The van der Waals surface area contributed by atoms with Gasteiger partial charge in [0.25, 0.3) is 0 Å². The number of nitrogens with zero attached hydrogens (tertiary/aromatic N) is 5. The average molecular weight is 560 g/mol. The van der Waals surface area contributed by atoms with Crippen LogP contribution < -0.4 is 0 Å². The number of para-hydroxylation sites is 4. The second kappa shape index (κ2) is 9.74. The lowest BCUT2D eigenvalue weighted by Gasteiger charge is -2.13. The highest BCUT2D eigenvalue weighted by atomic mass is 15.0. The van der Waals surface area contributed by atoms with Crippen molar-refractivity contribution < 1.29 is 0 Å². The third-order valence-electron chi connectivity index (χ3n) is 8.36. The van der Waals surface area contributed by atoms with Gasteiger partial charge in [0.2, 0.25) is 5.69 Å². The second-order valence-electron chi connectivity index (χ2n) is 10.7. The van der Waals surface area contributed by atoms with Crippen molar-refractivity contribution in [3.05, 3.63) is 162 Å². The molecule has 0 amide bonds. The van der Waals surface area contributed by atoms with Gasteiger partial charge < -0.3 is 9.13 Å². The summed E-state index contributed by atoms with van der Waals surface area (Å²) < 4.78 is 4.41. The summed E-state index contributed by atoms with van der Waals surface area (Å²) in [6.07, 6.45) is 0. The number of hydrogen-bond donors (Lipinski definition) is 0. The topological polar surface area (TPSA) is 22.9 Å². The van der Waals surface area contributed by atoms with Crippen molar-refractivity contribution in [2.75, 3.05) is 0 Å². The highest BCUT2D eigenvalue weighted by molar-refractivity contribution is 6.16. The lowest BCUT2D eigenvalue weighted by Crippen LogP contribution is -1.95. The van der Waals surface area contributed by atoms with Crippen LogP contribution in [0.2, 0.25) is 0 Å². The molecule has 0 bridgehead atoms. The molecular weight excluding hydrogens is 538 g/mol. The Morgan fingerprint density at radius 1 is 0.455 bits per heavy atom. The summed E-state index contributed by atoms with van der Waals surface area (Å²) in [4.78, 5) is 11.1. The zero-order valence-corrected chi connectivity index (χ0v) is 23.4. The summed E-state index contributed by atoms with van der Waals surface area (Å²) in [5.74, 6) is 0. The van der Waals surface area contributed by atoms with Gasteiger partial charge in [-0.2, -0.15) is 0 Å². The maximum atomic E-state index is 7.80. The van der Waals surface area contributed by atoms with Crippen molar-refractivity contribution in [2.24, 2.45) is 0 Å². The SMILES string of the molecule is [C-]#[N+]c1ccc(-n2c3ccccc3c3cccc(-c4ccc5c(c4)c4cc([N+]#[C-])ccc4n5-c4ccccc4[N+]#[C-])c32)cc1. The summed E-state index contributed by atoms with van der Waals surface area (Å²) in [6.45, 7) is 22.9. The van der Waals surface area contributed by atoms with Gasteiger partial charge >= 0.3 is 0 Å². The maximum absolute atomic E-state index is 7.80. The van der Waals surface area contributed by atoms with E-state index in [1.165, 1.54) is 0 Å². The van der Waals surface area contributed by atoms with E-state index < -0.39 is 0 Å². The van der Waals surface area contributed by atoms with Crippen LogP contribution in [0.1, 0.15) is 0 Å². The number of aromatic nitrogens is 2. The maximum Gasteiger partial charge on any atom is 0.210 e. The molecule has 0 aliphatic rings. The van der Waals surface area contributed by atoms with Gasteiger partial charge in [0.05, 0.1) is 47.5 Å². The largest absolute Gasteiger partial charge is 0.319 e. The smallest absolute Gasteiger partial charge is 0.210 e. The van der Waals surface area contributed by atoms with E-state index in [9.17, 15) is 0 Å². The number of fused-ring (bicyclic) bond motifs is 6. The Kier molecular flexibility index (Phi) is 5.56. The van der Waals surface area contributed by atoms with E-state index in [0.717, 1.165) is 66.1 Å². The van der Waals surface area contributed by atoms with Gasteiger partial charge in [-0.1, -0.05) is 78.9 Å². The fourth-order valence-electron chi connectivity index (χ4n) is 6.45. The van der Waals surface area contributed by atoms with Crippen molar-refractivity contribution in [1.29, 1.82) is 0 Å². The quantitative estimate of drug-likeness (QED) is 0.192. The Balaban J connectivity index is 1.46. The van der Waals surface area contributed by atoms with Crippen molar-refractivity contribution in [3.63, 3.8) is 0 Å². The van der Waals surface area contributed by atoms with E-state index in [1.807, 2.05) is 66.7 Å². The van der Waals surface area contributed by atoms with E-state index in [4.69, 9.17) is 19.7 Å².